The highest BCUT2D eigenvalue weighted by Gasteiger charge is 2.19. The molecule has 0 fully saturated rings. The fraction of sp³-hybridized carbons (Fsp3) is 0.200. The van der Waals surface area contributed by atoms with Gasteiger partial charge < -0.3 is 9.64 Å². The zero-order chi connectivity index (χ0) is 19.0. The molecule has 3 aromatic heterocycles. The minimum Gasteiger partial charge on any atom is -0.497 e. The van der Waals surface area contributed by atoms with Crippen LogP contribution >= 0.6 is 33.9 Å². The van der Waals surface area contributed by atoms with Crippen molar-refractivity contribution in [2.45, 2.75) is 13.3 Å². The molecule has 3 heterocycles. The van der Waals surface area contributed by atoms with Gasteiger partial charge >= 0.3 is 0 Å². The van der Waals surface area contributed by atoms with Gasteiger partial charge in [-0.3, -0.25) is 4.40 Å². The van der Waals surface area contributed by atoms with Crippen molar-refractivity contribution in [3.05, 3.63) is 57.2 Å². The van der Waals surface area contributed by atoms with E-state index in [1.807, 2.05) is 24.3 Å². The second-order valence-corrected chi connectivity index (χ2v) is 8.20. The minimum atomic E-state index is 0.847. The number of aromatic nitrogens is 3. The van der Waals surface area contributed by atoms with Crippen LogP contribution in [0.3, 0.4) is 0 Å². The smallest absolute Gasteiger partial charge is 0.191 e. The number of halogens is 1. The maximum absolute atomic E-state index is 5.24. The van der Waals surface area contributed by atoms with Gasteiger partial charge in [0.2, 0.25) is 0 Å². The number of fused-ring (bicyclic) bond motifs is 1. The molecule has 7 heteroatoms. The molecule has 0 aliphatic carbocycles. The third-order valence-electron chi connectivity index (χ3n) is 4.44. The molecule has 0 amide bonds. The fourth-order valence-electron chi connectivity index (χ4n) is 3.05. The molecule has 5 nitrogen and oxygen atoms in total. The van der Waals surface area contributed by atoms with Crippen molar-refractivity contribution in [2.75, 3.05) is 19.1 Å². The Hall–Kier alpha value is -2.13. The van der Waals surface area contributed by atoms with E-state index in [-0.39, 0.29) is 0 Å². The summed E-state index contributed by atoms with van der Waals surface area (Å²) in [6.07, 6.45) is 2.99. The van der Waals surface area contributed by atoms with Crippen molar-refractivity contribution in [3.63, 3.8) is 0 Å². The molecule has 0 radical (unpaired) electrons. The van der Waals surface area contributed by atoms with Gasteiger partial charge in [0.25, 0.3) is 0 Å². The largest absolute Gasteiger partial charge is 0.497 e. The fourth-order valence-corrected chi connectivity index (χ4v) is 4.31. The van der Waals surface area contributed by atoms with E-state index < -0.39 is 0 Å². The number of anilines is 2. The van der Waals surface area contributed by atoms with Crippen molar-refractivity contribution in [1.82, 2.24) is 14.4 Å². The van der Waals surface area contributed by atoms with Crippen LogP contribution in [0, 0.1) is 3.57 Å². The molecule has 0 bridgehead atoms. The summed E-state index contributed by atoms with van der Waals surface area (Å²) in [6.45, 7) is 2.13. The molecule has 138 valence electrons. The number of methoxy groups -OCH3 is 1. The summed E-state index contributed by atoms with van der Waals surface area (Å²) in [5.41, 5.74) is 4.07. The average molecular weight is 490 g/mol. The van der Waals surface area contributed by atoms with E-state index in [9.17, 15) is 0 Å². The highest BCUT2D eigenvalue weighted by Crippen LogP contribution is 2.34. The molecule has 1 aromatic carbocycles. The first-order valence-electron chi connectivity index (χ1n) is 8.61. The minimum absolute atomic E-state index is 0.847. The molecule has 4 aromatic rings. The van der Waals surface area contributed by atoms with E-state index in [1.54, 1.807) is 18.4 Å². The summed E-state index contributed by atoms with van der Waals surface area (Å²) < 4.78 is 8.56. The average Bonchev–Trinajstić information content (AvgIpc) is 3.32. The van der Waals surface area contributed by atoms with Crippen LogP contribution < -0.4 is 9.64 Å². The van der Waals surface area contributed by atoms with Crippen molar-refractivity contribution >= 4 is 50.5 Å². The maximum Gasteiger partial charge on any atom is 0.191 e. The summed E-state index contributed by atoms with van der Waals surface area (Å²) in [5.74, 6) is 1.92. The summed E-state index contributed by atoms with van der Waals surface area (Å²) in [6, 6.07) is 12.1. The number of hydrogen-bond acceptors (Lipinski definition) is 5. The van der Waals surface area contributed by atoms with Crippen LogP contribution in [-0.4, -0.2) is 28.5 Å². The Labute approximate surface area is 175 Å². The van der Waals surface area contributed by atoms with Gasteiger partial charge in [0, 0.05) is 27.8 Å². The predicted octanol–water partition coefficient (Wildman–Crippen LogP) is 5.40. The van der Waals surface area contributed by atoms with Crippen LogP contribution in [0.2, 0.25) is 0 Å². The third kappa shape index (κ3) is 3.41. The zero-order valence-electron chi connectivity index (χ0n) is 15.3. The van der Waals surface area contributed by atoms with E-state index >= 15 is 0 Å². The summed E-state index contributed by atoms with van der Waals surface area (Å²) in [4.78, 5) is 11.8. The Kier molecular flexibility index (Phi) is 5.05. The second-order valence-electron chi connectivity index (χ2n) is 6.11. The van der Waals surface area contributed by atoms with Gasteiger partial charge in [-0.25, -0.2) is 9.97 Å². The lowest BCUT2D eigenvalue weighted by molar-refractivity contribution is 0.415. The molecule has 0 atom stereocenters. The molecule has 27 heavy (non-hydrogen) atoms. The third-order valence-corrected chi connectivity index (χ3v) is 6.00. The normalized spacial score (nSPS) is 11.1. The van der Waals surface area contributed by atoms with Gasteiger partial charge in [-0.05, 0) is 65.4 Å². The summed E-state index contributed by atoms with van der Waals surface area (Å²) in [7, 11) is 3.73. The number of thiazole rings is 1. The summed E-state index contributed by atoms with van der Waals surface area (Å²) in [5, 5.41) is 3.03. The van der Waals surface area contributed by atoms with Crippen LogP contribution in [0.1, 0.15) is 12.6 Å². The molecule has 0 spiro atoms. The number of rotatable bonds is 5. The van der Waals surface area contributed by atoms with Crippen LogP contribution in [0.25, 0.3) is 16.9 Å². The van der Waals surface area contributed by atoms with E-state index in [2.05, 4.69) is 69.6 Å². The molecule has 0 unspecified atom stereocenters. The van der Waals surface area contributed by atoms with E-state index in [0.29, 0.717) is 0 Å². The van der Waals surface area contributed by atoms with E-state index in [0.717, 1.165) is 45.7 Å². The summed E-state index contributed by atoms with van der Waals surface area (Å²) >= 11 is 3.96. The quantitative estimate of drug-likeness (QED) is 0.352. The van der Waals surface area contributed by atoms with Crippen LogP contribution in [0.15, 0.2) is 48.0 Å². The molecular weight excluding hydrogens is 471 g/mol. The van der Waals surface area contributed by atoms with Gasteiger partial charge in [0.15, 0.2) is 5.13 Å². The first-order valence-corrected chi connectivity index (χ1v) is 10.6. The van der Waals surface area contributed by atoms with Crippen LogP contribution in [-0.2, 0) is 6.42 Å². The van der Waals surface area contributed by atoms with Crippen molar-refractivity contribution in [1.29, 1.82) is 0 Å². The highest BCUT2D eigenvalue weighted by atomic mass is 127. The first-order chi connectivity index (χ1) is 13.1. The molecule has 0 aliphatic heterocycles. The SMILES string of the molecule is CCc1nc2ccc(I)cn2c1N(C)c1nc(-c2ccc(OC)cc2)cs1. The lowest BCUT2D eigenvalue weighted by atomic mass is 10.2. The Balaban J connectivity index is 1.73. The molecular formula is C20H19IN4OS. The maximum atomic E-state index is 5.24. The van der Waals surface area contributed by atoms with Gasteiger partial charge in [-0.1, -0.05) is 6.92 Å². The van der Waals surface area contributed by atoms with Gasteiger partial charge in [-0.2, -0.15) is 0 Å². The number of benzene rings is 1. The first kappa shape index (κ1) is 18.2. The van der Waals surface area contributed by atoms with Crippen molar-refractivity contribution in [3.8, 4) is 17.0 Å². The van der Waals surface area contributed by atoms with Gasteiger partial charge in [-0.15, -0.1) is 11.3 Å². The molecule has 0 saturated carbocycles. The number of pyridine rings is 1. The molecule has 0 saturated heterocycles. The monoisotopic (exact) mass is 490 g/mol. The molecule has 0 aliphatic rings. The van der Waals surface area contributed by atoms with Crippen molar-refractivity contribution < 1.29 is 4.74 Å². The lowest BCUT2D eigenvalue weighted by Crippen LogP contribution is -2.13. The zero-order valence-corrected chi connectivity index (χ0v) is 18.3. The molecule has 0 N–H and O–H groups in total. The van der Waals surface area contributed by atoms with E-state index in [1.165, 1.54) is 3.57 Å². The number of hydrogen-bond donors (Lipinski definition) is 0. The highest BCUT2D eigenvalue weighted by molar-refractivity contribution is 14.1. The van der Waals surface area contributed by atoms with Crippen LogP contribution in [0.5, 0.6) is 5.75 Å². The Bertz CT molecular complexity index is 1090. The topological polar surface area (TPSA) is 42.7 Å². The van der Waals surface area contributed by atoms with Gasteiger partial charge in [0.05, 0.1) is 18.5 Å². The Morgan fingerprint density at radius 1 is 1.15 bits per heavy atom. The van der Waals surface area contributed by atoms with Crippen molar-refractivity contribution in [2.24, 2.45) is 0 Å². The molecule has 4 rings (SSSR count). The van der Waals surface area contributed by atoms with E-state index in [4.69, 9.17) is 14.7 Å². The van der Waals surface area contributed by atoms with Crippen LogP contribution in [0.4, 0.5) is 10.9 Å². The standard InChI is InChI=1S/C20H19IN4OS/c1-4-16-19(25-11-14(21)7-10-18(25)22-16)24(2)20-23-17(12-27-20)13-5-8-15(26-3)9-6-13/h5-12H,4H2,1-3H3. The second kappa shape index (κ2) is 7.47. The number of imidazole rings is 1. The predicted molar refractivity (Wildman–Crippen MR) is 119 cm³/mol. The Morgan fingerprint density at radius 3 is 2.63 bits per heavy atom. The lowest BCUT2D eigenvalue weighted by Gasteiger charge is -2.17. The number of aryl methyl sites for hydroxylation is 1. The Morgan fingerprint density at radius 2 is 1.93 bits per heavy atom. The van der Waals surface area contributed by atoms with Gasteiger partial charge in [0.1, 0.15) is 17.2 Å². The number of nitrogens with zero attached hydrogens (tertiary/aromatic N) is 4. The number of ether oxygens (including phenoxy) is 1.